The average Bonchev–Trinajstić information content (AvgIpc) is 2.16. The molecular formula is C10H13NO2. The summed E-state index contributed by atoms with van der Waals surface area (Å²) in [6.07, 6.45) is 0.472. The lowest BCUT2D eigenvalue weighted by Crippen LogP contribution is -2.02. The van der Waals surface area contributed by atoms with E-state index in [1.54, 1.807) is 19.2 Å². The first-order valence-electron chi connectivity index (χ1n) is 4.23. The van der Waals surface area contributed by atoms with Gasteiger partial charge in [-0.15, -0.1) is 0 Å². The number of nitrogens with one attached hydrogen (secondary N) is 1. The summed E-state index contributed by atoms with van der Waals surface area (Å²) in [5, 5.41) is 12.0. The Labute approximate surface area is 77.4 Å². The van der Waals surface area contributed by atoms with Crippen molar-refractivity contribution in [3.63, 3.8) is 0 Å². The molecule has 70 valence electrons. The van der Waals surface area contributed by atoms with Gasteiger partial charge in [0.25, 0.3) is 0 Å². The minimum Gasteiger partial charge on any atom is -0.508 e. The van der Waals surface area contributed by atoms with Crippen LogP contribution in [0.4, 0.5) is 5.69 Å². The van der Waals surface area contributed by atoms with Gasteiger partial charge in [-0.05, 0) is 12.1 Å². The third kappa shape index (κ3) is 1.99. The lowest BCUT2D eigenvalue weighted by Gasteiger charge is -2.07. The zero-order chi connectivity index (χ0) is 9.84. The molecule has 0 fully saturated rings. The van der Waals surface area contributed by atoms with E-state index in [1.165, 1.54) is 6.07 Å². The Morgan fingerprint density at radius 1 is 1.54 bits per heavy atom. The predicted octanol–water partition coefficient (Wildman–Crippen LogP) is 2.03. The number of phenols is 1. The highest BCUT2D eigenvalue weighted by molar-refractivity contribution is 6.01. The maximum absolute atomic E-state index is 11.4. The molecule has 1 rings (SSSR count). The SMILES string of the molecule is CCC(=O)c1ccc(O)cc1NC. The first kappa shape index (κ1) is 9.58. The minimum absolute atomic E-state index is 0.0735. The van der Waals surface area contributed by atoms with E-state index < -0.39 is 0 Å². The number of Topliss-reactive ketones (excluding diaryl/α,β-unsaturated/α-hetero) is 1. The highest BCUT2D eigenvalue weighted by Gasteiger charge is 2.08. The summed E-state index contributed by atoms with van der Waals surface area (Å²) in [7, 11) is 1.72. The van der Waals surface area contributed by atoms with E-state index in [0.29, 0.717) is 17.7 Å². The van der Waals surface area contributed by atoms with Crippen molar-refractivity contribution in [1.29, 1.82) is 0 Å². The van der Waals surface area contributed by atoms with Gasteiger partial charge in [-0.25, -0.2) is 0 Å². The molecule has 13 heavy (non-hydrogen) atoms. The fourth-order valence-corrected chi connectivity index (χ4v) is 1.17. The van der Waals surface area contributed by atoms with Crippen molar-refractivity contribution in [2.75, 3.05) is 12.4 Å². The zero-order valence-electron chi connectivity index (χ0n) is 7.79. The number of anilines is 1. The Morgan fingerprint density at radius 3 is 2.77 bits per heavy atom. The number of ketones is 1. The normalized spacial score (nSPS) is 9.69. The van der Waals surface area contributed by atoms with E-state index in [9.17, 15) is 9.90 Å². The number of carbonyl (C=O) groups excluding carboxylic acids is 1. The maximum Gasteiger partial charge on any atom is 0.164 e. The largest absolute Gasteiger partial charge is 0.508 e. The molecule has 0 heterocycles. The smallest absolute Gasteiger partial charge is 0.164 e. The number of benzene rings is 1. The van der Waals surface area contributed by atoms with Gasteiger partial charge in [0.05, 0.1) is 0 Å². The van der Waals surface area contributed by atoms with Crippen LogP contribution in [0.1, 0.15) is 23.7 Å². The van der Waals surface area contributed by atoms with Crippen LogP contribution in [0, 0.1) is 0 Å². The van der Waals surface area contributed by atoms with Crippen molar-refractivity contribution >= 4 is 11.5 Å². The molecule has 0 bridgehead atoms. The third-order valence-corrected chi connectivity index (χ3v) is 1.89. The fraction of sp³-hybridized carbons (Fsp3) is 0.300. The summed E-state index contributed by atoms with van der Waals surface area (Å²) in [6.45, 7) is 1.81. The molecule has 0 saturated heterocycles. The van der Waals surface area contributed by atoms with Crippen molar-refractivity contribution in [2.24, 2.45) is 0 Å². The van der Waals surface area contributed by atoms with E-state index in [4.69, 9.17) is 0 Å². The van der Waals surface area contributed by atoms with Gasteiger partial charge >= 0.3 is 0 Å². The summed E-state index contributed by atoms with van der Waals surface area (Å²) in [5.74, 6) is 0.237. The molecule has 0 unspecified atom stereocenters. The number of hydrogen-bond acceptors (Lipinski definition) is 3. The molecule has 0 aromatic heterocycles. The fourth-order valence-electron chi connectivity index (χ4n) is 1.17. The van der Waals surface area contributed by atoms with Gasteiger partial charge in [-0.1, -0.05) is 6.92 Å². The van der Waals surface area contributed by atoms with E-state index in [1.807, 2.05) is 6.92 Å². The van der Waals surface area contributed by atoms with Crippen LogP contribution in [0.2, 0.25) is 0 Å². The van der Waals surface area contributed by atoms with Crippen LogP contribution < -0.4 is 5.32 Å². The minimum atomic E-state index is 0.0735. The molecule has 3 nitrogen and oxygen atoms in total. The topological polar surface area (TPSA) is 49.3 Å². The molecule has 2 N–H and O–H groups in total. The van der Waals surface area contributed by atoms with Crippen LogP contribution in [0.15, 0.2) is 18.2 Å². The number of phenolic OH excluding ortho intramolecular Hbond substituents is 1. The van der Waals surface area contributed by atoms with Gasteiger partial charge in [0.2, 0.25) is 0 Å². The molecular weight excluding hydrogens is 166 g/mol. The zero-order valence-corrected chi connectivity index (χ0v) is 7.79. The molecule has 0 spiro atoms. The van der Waals surface area contributed by atoms with Crippen molar-refractivity contribution < 1.29 is 9.90 Å². The molecule has 1 aromatic carbocycles. The number of hydrogen-bond donors (Lipinski definition) is 2. The Hall–Kier alpha value is -1.51. The standard InChI is InChI=1S/C10H13NO2/c1-3-10(13)8-5-4-7(12)6-9(8)11-2/h4-6,11-12H,3H2,1-2H3. The summed E-state index contributed by atoms with van der Waals surface area (Å²) >= 11 is 0. The predicted molar refractivity (Wildman–Crippen MR) is 52.3 cm³/mol. The van der Waals surface area contributed by atoms with Crippen molar-refractivity contribution in [3.8, 4) is 5.75 Å². The summed E-state index contributed by atoms with van der Waals surface area (Å²) in [4.78, 5) is 11.4. The summed E-state index contributed by atoms with van der Waals surface area (Å²) in [5.41, 5.74) is 1.30. The first-order valence-corrected chi connectivity index (χ1v) is 4.23. The molecule has 0 atom stereocenters. The Kier molecular flexibility index (Phi) is 2.90. The van der Waals surface area contributed by atoms with Gasteiger partial charge in [0, 0.05) is 30.8 Å². The van der Waals surface area contributed by atoms with Crippen LogP contribution in [-0.4, -0.2) is 17.9 Å². The van der Waals surface area contributed by atoms with E-state index >= 15 is 0 Å². The molecule has 0 saturated carbocycles. The molecule has 0 radical (unpaired) electrons. The number of carbonyl (C=O) groups is 1. The number of rotatable bonds is 3. The van der Waals surface area contributed by atoms with Crippen LogP contribution in [0.3, 0.4) is 0 Å². The lowest BCUT2D eigenvalue weighted by molar-refractivity contribution is 0.0989. The van der Waals surface area contributed by atoms with Gasteiger partial charge in [-0.2, -0.15) is 0 Å². The van der Waals surface area contributed by atoms with Gasteiger partial charge < -0.3 is 10.4 Å². The van der Waals surface area contributed by atoms with Crippen LogP contribution in [0.25, 0.3) is 0 Å². The quantitative estimate of drug-likeness (QED) is 0.698. The van der Waals surface area contributed by atoms with Crippen molar-refractivity contribution in [2.45, 2.75) is 13.3 Å². The van der Waals surface area contributed by atoms with Gasteiger partial charge in [0.1, 0.15) is 5.75 Å². The van der Waals surface area contributed by atoms with Crippen molar-refractivity contribution in [3.05, 3.63) is 23.8 Å². The van der Waals surface area contributed by atoms with E-state index in [-0.39, 0.29) is 11.5 Å². The Balaban J connectivity index is 3.13. The second-order valence-electron chi connectivity index (χ2n) is 2.76. The highest BCUT2D eigenvalue weighted by Crippen LogP contribution is 2.22. The molecule has 0 aliphatic heterocycles. The van der Waals surface area contributed by atoms with E-state index in [0.717, 1.165) is 0 Å². The summed E-state index contributed by atoms with van der Waals surface area (Å²) < 4.78 is 0. The summed E-state index contributed by atoms with van der Waals surface area (Å²) in [6, 6.07) is 4.69. The Morgan fingerprint density at radius 2 is 2.23 bits per heavy atom. The highest BCUT2D eigenvalue weighted by atomic mass is 16.3. The van der Waals surface area contributed by atoms with Crippen LogP contribution >= 0.6 is 0 Å². The first-order chi connectivity index (χ1) is 6.19. The molecule has 1 aromatic rings. The molecule has 0 amide bonds. The third-order valence-electron chi connectivity index (χ3n) is 1.89. The second kappa shape index (κ2) is 3.94. The van der Waals surface area contributed by atoms with Crippen molar-refractivity contribution in [1.82, 2.24) is 0 Å². The maximum atomic E-state index is 11.4. The lowest BCUT2D eigenvalue weighted by atomic mass is 10.1. The van der Waals surface area contributed by atoms with Gasteiger partial charge in [-0.3, -0.25) is 4.79 Å². The number of aromatic hydroxyl groups is 1. The molecule has 0 aliphatic rings. The average molecular weight is 179 g/mol. The van der Waals surface area contributed by atoms with Crippen LogP contribution in [-0.2, 0) is 0 Å². The Bertz CT molecular complexity index is 321. The molecule has 0 aliphatic carbocycles. The molecule has 3 heteroatoms. The monoisotopic (exact) mass is 179 g/mol. The van der Waals surface area contributed by atoms with Crippen LogP contribution in [0.5, 0.6) is 5.75 Å². The van der Waals surface area contributed by atoms with Gasteiger partial charge in [0.15, 0.2) is 5.78 Å². The van der Waals surface area contributed by atoms with E-state index in [2.05, 4.69) is 5.32 Å². The second-order valence-corrected chi connectivity index (χ2v) is 2.76.